The fraction of sp³-hybridized carbons (Fsp3) is 0.500. The van der Waals surface area contributed by atoms with Crippen LogP contribution in [0.15, 0.2) is 24.3 Å². The highest BCUT2D eigenvalue weighted by molar-refractivity contribution is 5.96. The lowest BCUT2D eigenvalue weighted by atomic mass is 10.1. The Morgan fingerprint density at radius 3 is 2.42 bits per heavy atom. The molecule has 140 valence electrons. The van der Waals surface area contributed by atoms with Crippen LogP contribution >= 0.6 is 0 Å². The molecule has 0 saturated carbocycles. The van der Waals surface area contributed by atoms with E-state index < -0.39 is 0 Å². The largest absolute Gasteiger partial charge is 0.497 e. The Labute approximate surface area is 155 Å². The first-order chi connectivity index (χ1) is 12.6. The average Bonchev–Trinajstić information content (AvgIpc) is 2.81. The Hall–Kier alpha value is -2.34. The number of hydrogen-bond donors (Lipinski definition) is 1. The Kier molecular flexibility index (Phi) is 5.93. The molecular weight excluding hydrogens is 328 g/mol. The van der Waals surface area contributed by atoms with Crippen molar-refractivity contribution in [2.75, 3.05) is 32.1 Å². The fourth-order valence-corrected chi connectivity index (χ4v) is 3.57. The van der Waals surface area contributed by atoms with Crippen LogP contribution in [0.5, 0.6) is 5.75 Å². The summed E-state index contributed by atoms with van der Waals surface area (Å²) >= 11 is 0. The Morgan fingerprint density at radius 2 is 1.81 bits per heavy atom. The standard InChI is InChI=1S/C20H28N4O2/c1-15-19(16-8-10-17(26-3)11-9-16)20(23(2)22-15)21-18(25)14-24-12-6-4-5-7-13-24/h8-11H,4-7,12-14H2,1-3H3,(H,21,25). The van der Waals surface area contributed by atoms with Crippen molar-refractivity contribution in [3.05, 3.63) is 30.0 Å². The maximum atomic E-state index is 12.6. The molecular formula is C20H28N4O2. The number of benzene rings is 1. The summed E-state index contributed by atoms with van der Waals surface area (Å²) < 4.78 is 6.98. The van der Waals surface area contributed by atoms with Gasteiger partial charge in [0.15, 0.2) is 0 Å². The quantitative estimate of drug-likeness (QED) is 0.894. The number of carbonyl (C=O) groups excluding carboxylic acids is 1. The highest BCUT2D eigenvalue weighted by Crippen LogP contribution is 2.32. The van der Waals surface area contributed by atoms with E-state index in [1.807, 2.05) is 38.2 Å². The van der Waals surface area contributed by atoms with E-state index in [-0.39, 0.29) is 5.91 Å². The summed E-state index contributed by atoms with van der Waals surface area (Å²) in [5.74, 6) is 1.57. The number of aromatic nitrogens is 2. The molecule has 3 rings (SSSR count). The zero-order valence-electron chi connectivity index (χ0n) is 15.9. The van der Waals surface area contributed by atoms with Gasteiger partial charge in [-0.15, -0.1) is 0 Å². The van der Waals surface area contributed by atoms with E-state index in [0.29, 0.717) is 6.54 Å². The molecule has 1 fully saturated rings. The predicted molar refractivity (Wildman–Crippen MR) is 103 cm³/mol. The van der Waals surface area contributed by atoms with Gasteiger partial charge in [0.1, 0.15) is 11.6 Å². The molecule has 6 nitrogen and oxygen atoms in total. The van der Waals surface area contributed by atoms with Crippen molar-refractivity contribution in [1.82, 2.24) is 14.7 Å². The molecule has 26 heavy (non-hydrogen) atoms. The number of nitrogens with one attached hydrogen (secondary N) is 1. The van der Waals surface area contributed by atoms with Crippen molar-refractivity contribution in [1.29, 1.82) is 0 Å². The van der Waals surface area contributed by atoms with Gasteiger partial charge in [-0.2, -0.15) is 5.10 Å². The van der Waals surface area contributed by atoms with Gasteiger partial charge in [0.2, 0.25) is 5.91 Å². The summed E-state index contributed by atoms with van der Waals surface area (Å²) in [6, 6.07) is 7.83. The molecule has 0 aliphatic carbocycles. The van der Waals surface area contributed by atoms with Crippen LogP contribution in [0.2, 0.25) is 0 Å². The summed E-state index contributed by atoms with van der Waals surface area (Å²) in [5, 5.41) is 7.58. The molecule has 1 amide bonds. The van der Waals surface area contributed by atoms with Gasteiger partial charge in [0.05, 0.1) is 19.3 Å². The van der Waals surface area contributed by atoms with Gasteiger partial charge in [-0.05, 0) is 50.6 Å². The molecule has 1 saturated heterocycles. The van der Waals surface area contributed by atoms with E-state index in [9.17, 15) is 4.79 Å². The summed E-state index contributed by atoms with van der Waals surface area (Å²) in [5.41, 5.74) is 2.86. The first-order valence-electron chi connectivity index (χ1n) is 9.28. The molecule has 0 unspecified atom stereocenters. The molecule has 2 heterocycles. The van der Waals surface area contributed by atoms with Crippen LogP contribution in [0.25, 0.3) is 11.1 Å². The lowest BCUT2D eigenvalue weighted by Crippen LogP contribution is -2.34. The predicted octanol–water partition coefficient (Wildman–Crippen LogP) is 3.22. The van der Waals surface area contributed by atoms with Crippen molar-refractivity contribution in [2.45, 2.75) is 32.6 Å². The van der Waals surface area contributed by atoms with Crippen LogP contribution < -0.4 is 10.1 Å². The van der Waals surface area contributed by atoms with Gasteiger partial charge in [-0.25, -0.2) is 0 Å². The van der Waals surface area contributed by atoms with Gasteiger partial charge < -0.3 is 10.1 Å². The van der Waals surface area contributed by atoms with Crippen molar-refractivity contribution in [3.63, 3.8) is 0 Å². The molecule has 0 radical (unpaired) electrons. The minimum atomic E-state index is 0.0182. The zero-order chi connectivity index (χ0) is 18.5. The third-order valence-corrected chi connectivity index (χ3v) is 4.92. The normalized spacial score (nSPS) is 15.5. The van der Waals surface area contributed by atoms with E-state index in [0.717, 1.165) is 41.5 Å². The highest BCUT2D eigenvalue weighted by atomic mass is 16.5. The monoisotopic (exact) mass is 356 g/mol. The van der Waals surface area contributed by atoms with E-state index in [4.69, 9.17) is 4.74 Å². The van der Waals surface area contributed by atoms with Crippen LogP contribution in [0, 0.1) is 6.92 Å². The number of nitrogens with zero attached hydrogens (tertiary/aromatic N) is 3. The number of ether oxygens (including phenoxy) is 1. The molecule has 1 N–H and O–H groups in total. The molecule has 0 spiro atoms. The van der Waals surface area contributed by atoms with Crippen molar-refractivity contribution >= 4 is 11.7 Å². The van der Waals surface area contributed by atoms with E-state index >= 15 is 0 Å². The SMILES string of the molecule is COc1ccc(-c2c(C)nn(C)c2NC(=O)CN2CCCCCC2)cc1. The minimum Gasteiger partial charge on any atom is -0.497 e. The van der Waals surface area contributed by atoms with Crippen LogP contribution in [0.3, 0.4) is 0 Å². The number of aryl methyl sites for hydroxylation is 2. The minimum absolute atomic E-state index is 0.0182. The topological polar surface area (TPSA) is 59.4 Å². The lowest BCUT2D eigenvalue weighted by molar-refractivity contribution is -0.117. The van der Waals surface area contributed by atoms with E-state index in [1.165, 1.54) is 25.7 Å². The van der Waals surface area contributed by atoms with Crippen molar-refractivity contribution in [3.8, 4) is 16.9 Å². The van der Waals surface area contributed by atoms with Crippen LogP contribution in [0.4, 0.5) is 5.82 Å². The van der Waals surface area contributed by atoms with E-state index in [2.05, 4.69) is 15.3 Å². The first kappa shape index (κ1) is 18.5. The smallest absolute Gasteiger partial charge is 0.239 e. The number of anilines is 1. The molecule has 1 aliphatic heterocycles. The van der Waals surface area contributed by atoms with Crippen molar-refractivity contribution in [2.24, 2.45) is 7.05 Å². The van der Waals surface area contributed by atoms with E-state index in [1.54, 1.807) is 11.8 Å². The number of rotatable bonds is 5. The molecule has 1 aromatic carbocycles. The number of amides is 1. The molecule has 0 bridgehead atoms. The fourth-order valence-electron chi connectivity index (χ4n) is 3.57. The Balaban J connectivity index is 1.77. The van der Waals surface area contributed by atoms with Gasteiger partial charge in [-0.3, -0.25) is 14.4 Å². The molecule has 6 heteroatoms. The summed E-state index contributed by atoms with van der Waals surface area (Å²) in [7, 11) is 3.51. The third kappa shape index (κ3) is 4.25. The zero-order valence-corrected chi connectivity index (χ0v) is 15.9. The second-order valence-electron chi connectivity index (χ2n) is 6.90. The maximum absolute atomic E-state index is 12.6. The molecule has 0 atom stereocenters. The third-order valence-electron chi connectivity index (χ3n) is 4.92. The summed E-state index contributed by atoms with van der Waals surface area (Å²) in [4.78, 5) is 14.9. The van der Waals surface area contributed by atoms with Crippen LogP contribution in [-0.4, -0.2) is 47.3 Å². The first-order valence-corrected chi connectivity index (χ1v) is 9.28. The summed E-state index contributed by atoms with van der Waals surface area (Å²) in [6.07, 6.45) is 4.88. The van der Waals surface area contributed by atoms with Gasteiger partial charge in [0.25, 0.3) is 0 Å². The van der Waals surface area contributed by atoms with Gasteiger partial charge in [0, 0.05) is 12.6 Å². The van der Waals surface area contributed by atoms with Gasteiger partial charge >= 0.3 is 0 Å². The molecule has 2 aromatic rings. The highest BCUT2D eigenvalue weighted by Gasteiger charge is 2.19. The Bertz CT molecular complexity index is 744. The number of methoxy groups -OCH3 is 1. The number of likely N-dealkylation sites (tertiary alicyclic amines) is 1. The van der Waals surface area contributed by atoms with Crippen molar-refractivity contribution < 1.29 is 9.53 Å². The second-order valence-corrected chi connectivity index (χ2v) is 6.90. The number of carbonyl (C=O) groups is 1. The summed E-state index contributed by atoms with van der Waals surface area (Å²) in [6.45, 7) is 4.41. The molecule has 1 aromatic heterocycles. The Morgan fingerprint density at radius 1 is 1.15 bits per heavy atom. The average molecular weight is 356 g/mol. The second kappa shape index (κ2) is 8.36. The van der Waals surface area contributed by atoms with Gasteiger partial charge in [-0.1, -0.05) is 25.0 Å². The molecule has 1 aliphatic rings. The number of hydrogen-bond acceptors (Lipinski definition) is 4. The maximum Gasteiger partial charge on any atom is 0.239 e. The van der Waals surface area contributed by atoms with Crippen LogP contribution in [0.1, 0.15) is 31.4 Å². The van der Waals surface area contributed by atoms with Crippen LogP contribution in [-0.2, 0) is 11.8 Å². The lowest BCUT2D eigenvalue weighted by Gasteiger charge is -2.19.